The first kappa shape index (κ1) is 24.8. The standard InChI is InChI=1S/C28H28BrN3O3/c1-32(2)15-14-18-6-10-22(11-7-18)30-27(20-5-3-4-19(16-20)8-13-25(33)34)26-23-12-9-21(29)17-24(23)31-28(26)35/h3-7,9-12,16-17,26H,8,13-15H2,1-2H3,(H,31,35)(H,33,34). The number of anilines is 1. The summed E-state index contributed by atoms with van der Waals surface area (Å²) in [6, 6.07) is 21.5. The Balaban J connectivity index is 1.74. The number of carboxylic acids is 1. The average molecular weight is 534 g/mol. The van der Waals surface area contributed by atoms with Gasteiger partial charge in [0.25, 0.3) is 0 Å². The minimum Gasteiger partial charge on any atom is -0.481 e. The third-order valence-corrected chi connectivity index (χ3v) is 6.50. The molecule has 180 valence electrons. The van der Waals surface area contributed by atoms with E-state index in [0.29, 0.717) is 12.1 Å². The van der Waals surface area contributed by atoms with Crippen molar-refractivity contribution in [3.8, 4) is 0 Å². The Morgan fingerprint density at radius 1 is 1.03 bits per heavy atom. The number of amides is 1. The van der Waals surface area contributed by atoms with Crippen LogP contribution in [0.25, 0.3) is 0 Å². The van der Waals surface area contributed by atoms with E-state index in [2.05, 4.69) is 52.4 Å². The van der Waals surface area contributed by atoms with Crippen LogP contribution in [0.2, 0.25) is 0 Å². The maximum absolute atomic E-state index is 13.2. The number of rotatable bonds is 9. The fourth-order valence-electron chi connectivity index (χ4n) is 4.17. The van der Waals surface area contributed by atoms with Crippen LogP contribution < -0.4 is 5.32 Å². The molecular weight excluding hydrogens is 506 g/mol. The van der Waals surface area contributed by atoms with E-state index in [-0.39, 0.29) is 12.3 Å². The summed E-state index contributed by atoms with van der Waals surface area (Å²) >= 11 is 3.47. The zero-order valence-corrected chi connectivity index (χ0v) is 21.4. The van der Waals surface area contributed by atoms with Crippen molar-refractivity contribution in [2.45, 2.75) is 25.2 Å². The number of carbonyl (C=O) groups is 2. The molecule has 0 saturated carbocycles. The van der Waals surface area contributed by atoms with E-state index >= 15 is 0 Å². The van der Waals surface area contributed by atoms with Crippen LogP contribution in [-0.4, -0.2) is 48.2 Å². The Labute approximate surface area is 213 Å². The molecule has 2 N–H and O–H groups in total. The van der Waals surface area contributed by atoms with E-state index in [1.807, 2.05) is 54.6 Å². The van der Waals surface area contributed by atoms with Gasteiger partial charge in [0.15, 0.2) is 0 Å². The minimum absolute atomic E-state index is 0.0467. The van der Waals surface area contributed by atoms with Crippen molar-refractivity contribution in [2.24, 2.45) is 4.99 Å². The number of carboxylic acid groups (broad SMARTS) is 1. The predicted octanol–water partition coefficient (Wildman–Crippen LogP) is 5.43. The van der Waals surface area contributed by atoms with Gasteiger partial charge in [-0.15, -0.1) is 0 Å². The summed E-state index contributed by atoms with van der Waals surface area (Å²) in [6.07, 6.45) is 1.41. The molecule has 0 aliphatic carbocycles. The van der Waals surface area contributed by atoms with Crippen LogP contribution in [0.3, 0.4) is 0 Å². The lowest BCUT2D eigenvalue weighted by Crippen LogP contribution is -2.22. The second-order valence-corrected chi connectivity index (χ2v) is 9.88. The highest BCUT2D eigenvalue weighted by molar-refractivity contribution is 9.10. The van der Waals surface area contributed by atoms with Crippen molar-refractivity contribution in [3.05, 3.63) is 93.5 Å². The van der Waals surface area contributed by atoms with E-state index in [4.69, 9.17) is 10.1 Å². The minimum atomic E-state index is -0.840. The topological polar surface area (TPSA) is 82.0 Å². The van der Waals surface area contributed by atoms with Gasteiger partial charge in [0.05, 0.1) is 11.4 Å². The lowest BCUT2D eigenvalue weighted by molar-refractivity contribution is -0.137. The number of hydrogen-bond acceptors (Lipinski definition) is 4. The van der Waals surface area contributed by atoms with Crippen molar-refractivity contribution in [3.63, 3.8) is 0 Å². The van der Waals surface area contributed by atoms with Gasteiger partial charge >= 0.3 is 5.97 Å². The summed E-state index contributed by atoms with van der Waals surface area (Å²) in [5.41, 5.74) is 5.97. The first-order valence-electron chi connectivity index (χ1n) is 11.5. The van der Waals surface area contributed by atoms with Crippen molar-refractivity contribution in [1.29, 1.82) is 0 Å². The monoisotopic (exact) mass is 533 g/mol. The van der Waals surface area contributed by atoms with Crippen LogP contribution in [0, 0.1) is 0 Å². The molecule has 1 aliphatic heterocycles. The molecule has 35 heavy (non-hydrogen) atoms. The van der Waals surface area contributed by atoms with Crippen molar-refractivity contribution < 1.29 is 14.7 Å². The molecule has 4 rings (SSSR count). The number of benzene rings is 3. The van der Waals surface area contributed by atoms with E-state index in [0.717, 1.165) is 45.5 Å². The van der Waals surface area contributed by atoms with Crippen LogP contribution in [0.1, 0.15) is 34.6 Å². The number of aryl methyl sites for hydroxylation is 1. The molecular formula is C28H28BrN3O3. The smallest absolute Gasteiger partial charge is 0.303 e. The fraction of sp³-hybridized carbons (Fsp3) is 0.250. The number of fused-ring (bicyclic) bond motifs is 1. The lowest BCUT2D eigenvalue weighted by Gasteiger charge is -2.15. The summed E-state index contributed by atoms with van der Waals surface area (Å²) in [5.74, 6) is -1.54. The molecule has 6 nitrogen and oxygen atoms in total. The van der Waals surface area contributed by atoms with Gasteiger partial charge in [-0.05, 0) is 79.5 Å². The molecule has 7 heteroatoms. The Kier molecular flexibility index (Phi) is 7.78. The molecule has 3 aromatic rings. The zero-order valence-electron chi connectivity index (χ0n) is 19.8. The second-order valence-electron chi connectivity index (χ2n) is 8.96. The molecule has 0 fully saturated rings. The molecule has 1 heterocycles. The van der Waals surface area contributed by atoms with E-state index in [1.165, 1.54) is 5.56 Å². The molecule has 1 unspecified atom stereocenters. The summed E-state index contributed by atoms with van der Waals surface area (Å²) in [7, 11) is 4.11. The zero-order chi connectivity index (χ0) is 24.9. The van der Waals surface area contributed by atoms with Crippen LogP contribution in [0.4, 0.5) is 11.4 Å². The normalized spacial score (nSPS) is 15.3. The van der Waals surface area contributed by atoms with Crippen molar-refractivity contribution in [2.75, 3.05) is 26.0 Å². The van der Waals surface area contributed by atoms with Crippen LogP contribution in [0.5, 0.6) is 0 Å². The van der Waals surface area contributed by atoms with E-state index in [1.54, 1.807) is 0 Å². The number of likely N-dealkylation sites (N-methyl/N-ethyl adjacent to an activating group) is 1. The third-order valence-electron chi connectivity index (χ3n) is 6.00. The fourth-order valence-corrected chi connectivity index (χ4v) is 4.53. The molecule has 1 atom stereocenters. The van der Waals surface area contributed by atoms with Gasteiger partial charge in [-0.1, -0.05) is 52.3 Å². The van der Waals surface area contributed by atoms with Gasteiger partial charge in [0, 0.05) is 23.1 Å². The van der Waals surface area contributed by atoms with Gasteiger partial charge in [0.2, 0.25) is 5.91 Å². The molecule has 0 radical (unpaired) electrons. The second kappa shape index (κ2) is 11.0. The summed E-state index contributed by atoms with van der Waals surface area (Å²) in [4.78, 5) is 31.4. The quantitative estimate of drug-likeness (QED) is 0.359. The average Bonchev–Trinajstić information content (AvgIpc) is 3.15. The van der Waals surface area contributed by atoms with Gasteiger partial charge in [-0.3, -0.25) is 14.6 Å². The maximum Gasteiger partial charge on any atom is 0.303 e. The SMILES string of the molecule is CN(C)CCc1ccc(N=C(c2cccc(CCC(=O)O)c2)C2C(=O)Nc3cc(Br)ccc32)cc1. The van der Waals surface area contributed by atoms with Gasteiger partial charge < -0.3 is 15.3 Å². The lowest BCUT2D eigenvalue weighted by atomic mass is 9.89. The molecule has 3 aromatic carbocycles. The number of carbonyl (C=O) groups excluding carboxylic acids is 1. The summed E-state index contributed by atoms with van der Waals surface area (Å²) in [5, 5.41) is 12.1. The van der Waals surface area contributed by atoms with Crippen molar-refractivity contribution in [1.82, 2.24) is 4.90 Å². The Bertz CT molecular complexity index is 1270. The highest BCUT2D eigenvalue weighted by atomic mass is 79.9. The third kappa shape index (κ3) is 6.24. The molecule has 0 bridgehead atoms. The van der Waals surface area contributed by atoms with Crippen LogP contribution in [-0.2, 0) is 22.4 Å². The first-order chi connectivity index (χ1) is 16.8. The Hall–Kier alpha value is -3.29. The van der Waals surface area contributed by atoms with E-state index < -0.39 is 11.9 Å². The first-order valence-corrected chi connectivity index (χ1v) is 12.3. The molecule has 1 amide bonds. The molecule has 0 spiro atoms. The largest absolute Gasteiger partial charge is 0.481 e. The maximum atomic E-state index is 13.2. The highest BCUT2D eigenvalue weighted by Crippen LogP contribution is 2.38. The van der Waals surface area contributed by atoms with Crippen LogP contribution in [0.15, 0.2) is 76.2 Å². The highest BCUT2D eigenvalue weighted by Gasteiger charge is 2.35. The van der Waals surface area contributed by atoms with Gasteiger partial charge in [0.1, 0.15) is 5.92 Å². The summed E-state index contributed by atoms with van der Waals surface area (Å²) in [6.45, 7) is 0.964. The van der Waals surface area contributed by atoms with Gasteiger partial charge in [-0.25, -0.2) is 0 Å². The van der Waals surface area contributed by atoms with Crippen LogP contribution >= 0.6 is 15.9 Å². The number of aliphatic carboxylic acids is 1. The number of aliphatic imine (C=N–C) groups is 1. The number of halogens is 1. The summed E-state index contributed by atoms with van der Waals surface area (Å²) < 4.78 is 0.889. The molecule has 0 aromatic heterocycles. The molecule has 0 saturated heterocycles. The number of nitrogens with zero attached hydrogens (tertiary/aromatic N) is 2. The predicted molar refractivity (Wildman–Crippen MR) is 143 cm³/mol. The number of nitrogens with one attached hydrogen (secondary N) is 1. The Morgan fingerprint density at radius 3 is 2.51 bits per heavy atom. The van der Waals surface area contributed by atoms with Gasteiger partial charge in [-0.2, -0.15) is 0 Å². The Morgan fingerprint density at radius 2 is 1.80 bits per heavy atom. The molecule has 1 aliphatic rings. The number of hydrogen-bond donors (Lipinski definition) is 2. The van der Waals surface area contributed by atoms with Crippen molar-refractivity contribution >= 4 is 44.9 Å². The van der Waals surface area contributed by atoms with E-state index in [9.17, 15) is 9.59 Å².